The zero-order valence-electron chi connectivity index (χ0n) is 37.5. The van der Waals surface area contributed by atoms with E-state index in [0.717, 1.165) is 88.8 Å². The predicted molar refractivity (Wildman–Crippen MR) is 246 cm³/mol. The molecule has 316 valence electrons. The Morgan fingerprint density at radius 3 is 2.18 bits per heavy atom. The molecule has 1 aromatic carbocycles. The molecule has 1 nitrogen and oxygen atoms in total. The number of rotatable bonds is 12. The van der Waals surface area contributed by atoms with Crippen LogP contribution in [0.2, 0.25) is 0 Å². The van der Waals surface area contributed by atoms with Crippen LogP contribution in [0, 0.1) is 117 Å². The number of aryl methyl sites for hydroxylation is 1. The van der Waals surface area contributed by atoms with E-state index in [0.29, 0.717) is 23.8 Å². The number of nitrogens with zero attached hydrogens (tertiary/aromatic N) is 1. The van der Waals surface area contributed by atoms with Crippen molar-refractivity contribution in [2.24, 2.45) is 117 Å². The molecule has 0 bridgehead atoms. The Labute approximate surface area is 371 Å². The molecule has 8 saturated carbocycles. The lowest BCUT2D eigenvalue weighted by atomic mass is 9.39. The number of benzene rings is 1. The quantitative estimate of drug-likeness (QED) is 0.150. The van der Waals surface area contributed by atoms with E-state index in [1.54, 1.807) is 35.1 Å². The molecule has 0 aromatic heterocycles. The standard InChI is InChI=1S/C61H67N/c1-3-4-5-6-7-8-9-10-11-12-13-29-14-16-30(17-15-29)59-61-40-27-26-39-37-24-22-35-33-20-18-31-32-19-21-34-36-23-25-38(40)48-46(36)51-44(34)42(32)49-41(31)43(33)50-45(35)47(37)57(60(39,61)28-62(59)2)55-53(50)52(49)54(51)56(55)58(48)61/h14-18,20,22,24,26-27,31-36,41-46,49,51-52,54-56,59H,3-13,19,21,23,25,28H2,1-2H3. The van der Waals surface area contributed by atoms with Crippen molar-refractivity contribution in [2.75, 3.05) is 13.6 Å². The first-order chi connectivity index (χ1) is 30.7. The van der Waals surface area contributed by atoms with Crippen LogP contribution < -0.4 is 0 Å². The highest BCUT2D eigenvalue weighted by atomic mass is 15.2. The molecule has 1 aliphatic heterocycles. The number of fused-ring (bicyclic) bond motifs is 3. The molecule has 1 aromatic rings. The number of unbranched alkanes of at least 4 members (excludes halogenated alkanes) is 9. The minimum Gasteiger partial charge on any atom is -0.297 e. The Morgan fingerprint density at radius 2 is 1.32 bits per heavy atom. The van der Waals surface area contributed by atoms with Gasteiger partial charge in [0.05, 0.1) is 5.41 Å². The van der Waals surface area contributed by atoms with Crippen molar-refractivity contribution < 1.29 is 0 Å². The molecule has 1 heteroatoms. The van der Waals surface area contributed by atoms with Gasteiger partial charge in [0, 0.05) is 29.8 Å². The molecule has 62 heavy (non-hydrogen) atoms. The first-order valence-electron chi connectivity index (χ1n) is 27.3. The smallest absolute Gasteiger partial charge is 0.0517 e. The highest BCUT2D eigenvalue weighted by Crippen LogP contribution is 2.93. The molecule has 0 radical (unpaired) electrons. The minimum absolute atomic E-state index is 0.0658. The topological polar surface area (TPSA) is 3.24 Å². The van der Waals surface area contributed by atoms with Gasteiger partial charge in [-0.25, -0.2) is 0 Å². The third kappa shape index (κ3) is 3.22. The van der Waals surface area contributed by atoms with Gasteiger partial charge in [-0.3, -0.25) is 4.90 Å². The number of hydrogen-bond acceptors (Lipinski definition) is 1. The van der Waals surface area contributed by atoms with Crippen molar-refractivity contribution in [2.45, 2.75) is 109 Å². The largest absolute Gasteiger partial charge is 0.297 e. The summed E-state index contributed by atoms with van der Waals surface area (Å²) in [6.07, 6.45) is 38.5. The molecule has 1 heterocycles. The molecule has 0 amide bonds. The van der Waals surface area contributed by atoms with Crippen LogP contribution in [0.5, 0.6) is 0 Å². The first-order valence-corrected chi connectivity index (χ1v) is 27.3. The average molecular weight is 814 g/mol. The normalized spacial score (nSPS) is 52.8. The van der Waals surface area contributed by atoms with Gasteiger partial charge >= 0.3 is 0 Å². The highest BCUT2D eigenvalue weighted by molar-refractivity contribution is 5.83. The summed E-state index contributed by atoms with van der Waals surface area (Å²) >= 11 is 0. The molecule has 21 atom stereocenters. The molecule has 2 spiro atoms. The fourth-order valence-electron chi connectivity index (χ4n) is 24.2. The van der Waals surface area contributed by atoms with Crippen LogP contribution in [0.4, 0.5) is 0 Å². The second-order valence-electron chi connectivity index (χ2n) is 25.4. The van der Waals surface area contributed by atoms with E-state index < -0.39 is 0 Å². The van der Waals surface area contributed by atoms with Crippen molar-refractivity contribution >= 4 is 0 Å². The maximum Gasteiger partial charge on any atom is 0.0517 e. The molecule has 1 saturated heterocycles. The van der Waals surface area contributed by atoms with Gasteiger partial charge in [0.25, 0.3) is 0 Å². The Kier molecular flexibility index (Phi) is 6.12. The van der Waals surface area contributed by atoms with Crippen LogP contribution in [0.1, 0.15) is 114 Å². The van der Waals surface area contributed by atoms with Crippen LogP contribution >= 0.6 is 0 Å². The molecular formula is C61H67N. The zero-order chi connectivity index (χ0) is 39.9. The predicted octanol–water partition coefficient (Wildman–Crippen LogP) is 13.1. The van der Waals surface area contributed by atoms with Crippen molar-refractivity contribution in [3.05, 3.63) is 128 Å². The second-order valence-corrected chi connectivity index (χ2v) is 25.4. The van der Waals surface area contributed by atoms with Crippen LogP contribution in [0.25, 0.3) is 0 Å². The van der Waals surface area contributed by atoms with Gasteiger partial charge in [-0.2, -0.15) is 0 Å². The summed E-state index contributed by atoms with van der Waals surface area (Å²) in [6, 6.07) is 11.0. The van der Waals surface area contributed by atoms with Crippen LogP contribution in [-0.2, 0) is 6.42 Å². The third-order valence-corrected chi connectivity index (χ3v) is 24.6. The monoisotopic (exact) mass is 814 g/mol. The molecular weight excluding hydrogens is 747 g/mol. The second kappa shape index (κ2) is 11.0. The average Bonchev–Trinajstić information content (AvgIpc) is 4.14. The molecule has 0 N–H and O–H groups in total. The highest BCUT2D eigenvalue weighted by Gasteiger charge is 2.87. The lowest BCUT2D eigenvalue weighted by Crippen LogP contribution is -2.57. The molecule has 16 aliphatic carbocycles. The van der Waals surface area contributed by atoms with Gasteiger partial charge in [0.15, 0.2) is 0 Å². The van der Waals surface area contributed by atoms with E-state index in [9.17, 15) is 0 Å². The number of allylic oxidation sites excluding steroid dienone is 12. The summed E-state index contributed by atoms with van der Waals surface area (Å²) in [6.45, 7) is 3.55. The van der Waals surface area contributed by atoms with Crippen molar-refractivity contribution in [3.8, 4) is 0 Å². The third-order valence-electron chi connectivity index (χ3n) is 24.6. The van der Waals surface area contributed by atoms with Crippen molar-refractivity contribution in [1.29, 1.82) is 0 Å². The Hall–Kier alpha value is -2.90. The first kappa shape index (κ1) is 34.4. The van der Waals surface area contributed by atoms with Gasteiger partial charge in [0.2, 0.25) is 0 Å². The molecule has 9 fully saturated rings. The van der Waals surface area contributed by atoms with Gasteiger partial charge in [-0.1, -0.05) is 137 Å². The fourth-order valence-corrected chi connectivity index (χ4v) is 24.2. The van der Waals surface area contributed by atoms with E-state index in [4.69, 9.17) is 0 Å². The maximum atomic E-state index is 2.99. The molecule has 17 aliphatic rings. The molecule has 21 unspecified atom stereocenters. The van der Waals surface area contributed by atoms with E-state index in [1.165, 1.54) is 90.0 Å². The SMILES string of the molecule is CCCCCCCCCCCCc1ccc(C2N(C)CC34C5=C6C=CC7C8C6=C3C3C6=C8C8C7C=CC7C9CCC%10C%11CCC%12=C(C=C5)C24C2=C%12C%11C4C(C23)C6C(C78)C9C%104)cc1. The van der Waals surface area contributed by atoms with Gasteiger partial charge in [-0.15, -0.1) is 0 Å². The summed E-state index contributed by atoms with van der Waals surface area (Å²) in [5, 5.41) is 0. The van der Waals surface area contributed by atoms with E-state index in [2.05, 4.69) is 107 Å². The van der Waals surface area contributed by atoms with Crippen molar-refractivity contribution in [3.63, 3.8) is 0 Å². The summed E-state index contributed by atoms with van der Waals surface area (Å²) in [4.78, 5) is 2.99. The van der Waals surface area contributed by atoms with Crippen LogP contribution in [0.15, 0.2) is 116 Å². The summed E-state index contributed by atoms with van der Waals surface area (Å²) < 4.78 is 0. The Bertz CT molecular complexity index is 2610. The summed E-state index contributed by atoms with van der Waals surface area (Å²) in [5.41, 5.74) is 23.2. The number of likely N-dealkylation sites (tertiary alicyclic amines) is 1. The lowest BCUT2D eigenvalue weighted by Gasteiger charge is -2.62. The van der Waals surface area contributed by atoms with Crippen LogP contribution in [0.3, 0.4) is 0 Å². The van der Waals surface area contributed by atoms with Crippen molar-refractivity contribution in [1.82, 2.24) is 4.90 Å². The Morgan fingerprint density at radius 1 is 0.581 bits per heavy atom. The maximum absolute atomic E-state index is 2.99. The molecule has 18 rings (SSSR count). The zero-order valence-corrected chi connectivity index (χ0v) is 37.5. The number of hydrogen-bond donors (Lipinski definition) is 0. The van der Waals surface area contributed by atoms with E-state index in [1.807, 2.05) is 16.7 Å². The Balaban J connectivity index is 0.823. The van der Waals surface area contributed by atoms with Gasteiger partial charge in [0.1, 0.15) is 0 Å². The minimum atomic E-state index is 0.0658. The summed E-state index contributed by atoms with van der Waals surface area (Å²) in [7, 11) is 2.61. The lowest BCUT2D eigenvalue weighted by molar-refractivity contribution is -0.0629. The fraction of sp³-hybridized carbons (Fsp3) is 0.639. The van der Waals surface area contributed by atoms with Crippen LogP contribution in [-0.4, -0.2) is 18.5 Å². The van der Waals surface area contributed by atoms with E-state index in [-0.39, 0.29) is 10.8 Å². The van der Waals surface area contributed by atoms with E-state index >= 15 is 0 Å². The van der Waals surface area contributed by atoms with Gasteiger partial charge < -0.3 is 0 Å². The summed E-state index contributed by atoms with van der Waals surface area (Å²) in [5.74, 6) is 16.0. The van der Waals surface area contributed by atoms with Gasteiger partial charge in [-0.05, 0) is 196 Å².